The number of hydrogen-bond acceptors (Lipinski definition) is 4. The van der Waals surface area contributed by atoms with Crippen molar-refractivity contribution in [2.75, 3.05) is 6.61 Å². The van der Waals surface area contributed by atoms with Crippen molar-refractivity contribution >= 4 is 22.5 Å². The van der Waals surface area contributed by atoms with Crippen LogP contribution in [-0.2, 0) is 5.75 Å². The van der Waals surface area contributed by atoms with Gasteiger partial charge in [0.15, 0.2) is 11.0 Å². The maximum Gasteiger partial charge on any atom is 0.196 e. The molecule has 0 saturated carbocycles. The summed E-state index contributed by atoms with van der Waals surface area (Å²) in [5.41, 5.74) is 2.46. The second-order valence-corrected chi connectivity index (χ2v) is 8.42. The van der Waals surface area contributed by atoms with Crippen LogP contribution in [0.2, 0.25) is 0 Å². The summed E-state index contributed by atoms with van der Waals surface area (Å²) in [4.78, 5) is 0. The van der Waals surface area contributed by atoms with Gasteiger partial charge >= 0.3 is 0 Å². The SMILES string of the molecule is CCOc1ccc(-c2nnc(SCc3cccc4ccccc34)n2-c2ccccc2F)cc1. The minimum absolute atomic E-state index is 0.323. The Morgan fingerprint density at radius 3 is 2.42 bits per heavy atom. The maximum atomic E-state index is 14.9. The summed E-state index contributed by atoms with van der Waals surface area (Å²) in [6, 6.07) is 28.9. The van der Waals surface area contributed by atoms with Crippen molar-refractivity contribution in [3.05, 3.63) is 102 Å². The lowest BCUT2D eigenvalue weighted by Gasteiger charge is -2.12. The Morgan fingerprint density at radius 2 is 1.61 bits per heavy atom. The molecule has 0 radical (unpaired) electrons. The van der Waals surface area contributed by atoms with E-state index in [2.05, 4.69) is 40.5 Å². The van der Waals surface area contributed by atoms with Gasteiger partial charge in [-0.2, -0.15) is 0 Å². The molecule has 0 unspecified atom stereocenters. The number of para-hydroxylation sites is 1. The summed E-state index contributed by atoms with van der Waals surface area (Å²) in [6.45, 7) is 2.54. The number of hydrogen-bond donors (Lipinski definition) is 0. The van der Waals surface area contributed by atoms with Gasteiger partial charge < -0.3 is 4.74 Å². The number of benzene rings is 4. The van der Waals surface area contributed by atoms with Crippen LogP contribution in [0.3, 0.4) is 0 Å². The van der Waals surface area contributed by atoms with Gasteiger partial charge in [0, 0.05) is 11.3 Å². The van der Waals surface area contributed by atoms with Gasteiger partial charge in [0.1, 0.15) is 11.6 Å². The molecule has 0 aliphatic carbocycles. The second kappa shape index (κ2) is 9.46. The smallest absolute Gasteiger partial charge is 0.196 e. The van der Waals surface area contributed by atoms with E-state index in [1.165, 1.54) is 22.4 Å². The molecule has 1 heterocycles. The van der Waals surface area contributed by atoms with E-state index >= 15 is 0 Å². The van der Waals surface area contributed by atoms with E-state index < -0.39 is 0 Å². The molecule has 0 amide bonds. The van der Waals surface area contributed by atoms with E-state index in [0.717, 1.165) is 11.3 Å². The minimum atomic E-state index is -0.323. The van der Waals surface area contributed by atoms with Crippen LogP contribution in [-0.4, -0.2) is 21.4 Å². The Kier molecular flexibility index (Phi) is 6.09. The molecule has 0 N–H and O–H groups in total. The Hall–Kier alpha value is -3.64. The average molecular weight is 456 g/mol. The highest BCUT2D eigenvalue weighted by molar-refractivity contribution is 7.98. The summed E-state index contributed by atoms with van der Waals surface area (Å²) < 4.78 is 22.2. The quantitative estimate of drug-likeness (QED) is 0.250. The zero-order valence-electron chi connectivity index (χ0n) is 18.1. The average Bonchev–Trinajstić information content (AvgIpc) is 3.27. The van der Waals surface area contributed by atoms with Crippen LogP contribution in [0.5, 0.6) is 5.75 Å². The van der Waals surface area contributed by atoms with Crippen LogP contribution < -0.4 is 4.74 Å². The molecule has 4 aromatic carbocycles. The van der Waals surface area contributed by atoms with Gasteiger partial charge in [0.05, 0.1) is 12.3 Å². The maximum absolute atomic E-state index is 14.9. The zero-order valence-corrected chi connectivity index (χ0v) is 18.9. The van der Waals surface area contributed by atoms with Crippen LogP contribution in [0.15, 0.2) is 96.2 Å². The molecule has 0 aliphatic rings. The lowest BCUT2D eigenvalue weighted by Crippen LogP contribution is -2.02. The van der Waals surface area contributed by atoms with Crippen molar-refractivity contribution < 1.29 is 9.13 Å². The van der Waals surface area contributed by atoms with E-state index in [9.17, 15) is 4.39 Å². The molecule has 33 heavy (non-hydrogen) atoms. The number of rotatable bonds is 7. The molecular formula is C27H22FN3OS. The van der Waals surface area contributed by atoms with Gasteiger partial charge in [-0.25, -0.2) is 4.39 Å². The topological polar surface area (TPSA) is 39.9 Å². The number of thioether (sulfide) groups is 1. The molecule has 5 rings (SSSR count). The van der Waals surface area contributed by atoms with E-state index in [1.807, 2.05) is 49.4 Å². The summed E-state index contributed by atoms with van der Waals surface area (Å²) >= 11 is 1.54. The molecule has 0 spiro atoms. The van der Waals surface area contributed by atoms with E-state index in [4.69, 9.17) is 4.74 Å². The highest BCUT2D eigenvalue weighted by Crippen LogP contribution is 2.32. The van der Waals surface area contributed by atoms with Gasteiger partial charge in [-0.05, 0) is 59.7 Å². The Labute approximate surface area is 196 Å². The van der Waals surface area contributed by atoms with Gasteiger partial charge in [0.25, 0.3) is 0 Å². The van der Waals surface area contributed by atoms with Crippen molar-refractivity contribution in [1.82, 2.24) is 14.8 Å². The van der Waals surface area contributed by atoms with E-state index in [1.54, 1.807) is 28.5 Å². The fraction of sp³-hybridized carbons (Fsp3) is 0.111. The molecule has 5 aromatic rings. The van der Waals surface area contributed by atoms with Crippen molar-refractivity contribution in [2.24, 2.45) is 0 Å². The minimum Gasteiger partial charge on any atom is -0.494 e. The monoisotopic (exact) mass is 455 g/mol. The molecule has 4 nitrogen and oxygen atoms in total. The third-order valence-corrected chi connectivity index (χ3v) is 6.36. The number of ether oxygens (including phenoxy) is 1. The first kappa shape index (κ1) is 21.2. The molecule has 0 fully saturated rings. The third-order valence-electron chi connectivity index (χ3n) is 5.39. The molecule has 6 heteroatoms. The molecule has 1 aromatic heterocycles. The second-order valence-electron chi connectivity index (χ2n) is 7.48. The van der Waals surface area contributed by atoms with E-state index in [0.29, 0.717) is 29.0 Å². The molecule has 0 atom stereocenters. The van der Waals surface area contributed by atoms with Gasteiger partial charge in [-0.3, -0.25) is 4.57 Å². The first-order valence-electron chi connectivity index (χ1n) is 10.8. The summed E-state index contributed by atoms with van der Waals surface area (Å²) in [7, 11) is 0. The van der Waals surface area contributed by atoms with Crippen molar-refractivity contribution in [1.29, 1.82) is 0 Å². The first-order chi connectivity index (χ1) is 16.2. The molecule has 0 aliphatic heterocycles. The molecule has 0 saturated heterocycles. The van der Waals surface area contributed by atoms with Crippen LogP contribution in [0, 0.1) is 5.82 Å². The fourth-order valence-electron chi connectivity index (χ4n) is 3.83. The van der Waals surface area contributed by atoms with Crippen LogP contribution >= 0.6 is 11.8 Å². The van der Waals surface area contributed by atoms with Gasteiger partial charge in [-0.15, -0.1) is 10.2 Å². The first-order valence-corrected chi connectivity index (χ1v) is 11.8. The highest BCUT2D eigenvalue weighted by atomic mass is 32.2. The molecular weight excluding hydrogens is 433 g/mol. The lowest BCUT2D eigenvalue weighted by atomic mass is 10.1. The predicted molar refractivity (Wildman–Crippen MR) is 131 cm³/mol. The van der Waals surface area contributed by atoms with Gasteiger partial charge in [-0.1, -0.05) is 66.4 Å². The normalized spacial score (nSPS) is 11.1. The third kappa shape index (κ3) is 4.34. The lowest BCUT2D eigenvalue weighted by molar-refractivity contribution is 0.340. The van der Waals surface area contributed by atoms with E-state index in [-0.39, 0.29) is 5.82 Å². The summed E-state index contributed by atoms with van der Waals surface area (Å²) in [5, 5.41) is 11.9. The number of halogens is 1. The Bertz CT molecular complexity index is 1390. The highest BCUT2D eigenvalue weighted by Gasteiger charge is 2.19. The summed E-state index contributed by atoms with van der Waals surface area (Å²) in [6.07, 6.45) is 0. The Morgan fingerprint density at radius 1 is 0.848 bits per heavy atom. The summed E-state index contributed by atoms with van der Waals surface area (Å²) in [5.74, 6) is 1.74. The van der Waals surface area contributed by atoms with Crippen molar-refractivity contribution in [3.63, 3.8) is 0 Å². The Balaban J connectivity index is 1.54. The largest absolute Gasteiger partial charge is 0.494 e. The van der Waals surface area contributed by atoms with Gasteiger partial charge in [0.2, 0.25) is 0 Å². The number of nitrogens with zero attached hydrogens (tertiary/aromatic N) is 3. The molecule has 164 valence electrons. The number of aromatic nitrogens is 3. The van der Waals surface area contributed by atoms with Crippen LogP contribution in [0.25, 0.3) is 27.8 Å². The molecule has 0 bridgehead atoms. The van der Waals surface area contributed by atoms with Crippen molar-refractivity contribution in [3.8, 4) is 22.8 Å². The van der Waals surface area contributed by atoms with Crippen molar-refractivity contribution in [2.45, 2.75) is 17.8 Å². The standard InChI is InChI=1S/C27H22FN3OS/c1-2-32-22-16-14-20(15-17-22)26-29-30-27(31(26)25-13-6-5-12-24(25)28)33-18-21-10-7-9-19-8-3-4-11-23(19)21/h3-17H,2,18H2,1H3. The fourth-order valence-corrected chi connectivity index (χ4v) is 4.78. The number of fused-ring (bicyclic) bond motifs is 1. The van der Waals surface area contributed by atoms with Crippen LogP contribution in [0.1, 0.15) is 12.5 Å². The zero-order chi connectivity index (χ0) is 22.6. The predicted octanol–water partition coefficient (Wildman–Crippen LogP) is 6.92. The van der Waals surface area contributed by atoms with Crippen LogP contribution in [0.4, 0.5) is 4.39 Å².